The molecule has 2 aliphatic heterocycles. The van der Waals surface area contributed by atoms with Crippen LogP contribution in [-0.4, -0.2) is 41.0 Å². The zero-order chi connectivity index (χ0) is 10.3. The van der Waals surface area contributed by atoms with Gasteiger partial charge in [-0.15, -0.1) is 0 Å². The van der Waals surface area contributed by atoms with Crippen LogP contribution in [-0.2, 0) is 9.59 Å². The van der Waals surface area contributed by atoms with E-state index < -0.39 is 17.4 Å². The maximum Gasteiger partial charge on any atom is 0.414 e. The predicted octanol–water partition coefficient (Wildman–Crippen LogP) is -0.597. The summed E-state index contributed by atoms with van der Waals surface area (Å²) in [5.74, 6) is -0.677. The van der Waals surface area contributed by atoms with Crippen molar-refractivity contribution in [1.29, 1.82) is 0 Å². The summed E-state index contributed by atoms with van der Waals surface area (Å²) in [4.78, 5) is 34.1. The van der Waals surface area contributed by atoms with Crippen molar-refractivity contribution in [2.24, 2.45) is 5.41 Å². The van der Waals surface area contributed by atoms with Gasteiger partial charge < -0.3 is 10.4 Å². The number of hydrogen-bond acceptors (Lipinski definition) is 3. The average Bonchev–Trinajstić information content (AvgIpc) is 2.59. The largest absolute Gasteiger partial charge is 0.465 e. The Kier molecular flexibility index (Phi) is 1.73. The number of imide groups is 1. The number of amides is 3. The first-order valence-corrected chi connectivity index (χ1v) is 4.37. The van der Waals surface area contributed by atoms with Gasteiger partial charge in [0.25, 0.3) is 0 Å². The van der Waals surface area contributed by atoms with Crippen molar-refractivity contribution >= 4 is 17.9 Å². The number of hydrogen-bond donors (Lipinski definition) is 2. The molecule has 2 fully saturated rings. The second-order valence-electron chi connectivity index (χ2n) is 3.73. The van der Waals surface area contributed by atoms with Crippen molar-refractivity contribution < 1.29 is 19.5 Å². The molecule has 0 aromatic carbocycles. The molecule has 2 N–H and O–H groups in total. The Balaban J connectivity index is 2.24. The highest BCUT2D eigenvalue weighted by Crippen LogP contribution is 2.37. The fourth-order valence-electron chi connectivity index (χ4n) is 2.04. The molecular weight excluding hydrogens is 188 g/mol. The molecule has 2 saturated heterocycles. The predicted molar refractivity (Wildman–Crippen MR) is 44.4 cm³/mol. The number of nitrogens with zero attached hydrogens (tertiary/aromatic N) is 1. The summed E-state index contributed by atoms with van der Waals surface area (Å²) < 4.78 is 0. The van der Waals surface area contributed by atoms with Gasteiger partial charge in [-0.1, -0.05) is 0 Å². The molecule has 0 saturated carbocycles. The lowest BCUT2D eigenvalue weighted by Gasteiger charge is -2.17. The van der Waals surface area contributed by atoms with Gasteiger partial charge in [0.1, 0.15) is 0 Å². The number of rotatable bonds is 0. The van der Waals surface area contributed by atoms with E-state index in [0.717, 1.165) is 4.90 Å². The van der Waals surface area contributed by atoms with E-state index in [0.29, 0.717) is 13.0 Å². The van der Waals surface area contributed by atoms with Gasteiger partial charge in [0.2, 0.25) is 11.8 Å². The van der Waals surface area contributed by atoms with Gasteiger partial charge >= 0.3 is 6.09 Å². The molecular formula is C8H10N2O4. The molecule has 14 heavy (non-hydrogen) atoms. The van der Waals surface area contributed by atoms with Gasteiger partial charge in [0, 0.05) is 19.5 Å². The maximum absolute atomic E-state index is 11.4. The van der Waals surface area contributed by atoms with Crippen LogP contribution < -0.4 is 5.32 Å². The summed E-state index contributed by atoms with van der Waals surface area (Å²) in [5.41, 5.74) is -0.782. The minimum atomic E-state index is -1.27. The first-order valence-electron chi connectivity index (χ1n) is 4.37. The monoisotopic (exact) mass is 198 g/mol. The second kappa shape index (κ2) is 2.70. The Labute approximate surface area is 79.9 Å². The normalized spacial score (nSPS) is 31.3. The average molecular weight is 198 g/mol. The molecule has 0 aliphatic carbocycles. The summed E-state index contributed by atoms with van der Waals surface area (Å²) in [7, 11) is 0. The summed E-state index contributed by atoms with van der Waals surface area (Å²) in [6.45, 7) is 0.534. The highest BCUT2D eigenvalue weighted by atomic mass is 16.4. The Morgan fingerprint density at radius 2 is 2.21 bits per heavy atom. The molecule has 6 nitrogen and oxygen atoms in total. The Morgan fingerprint density at radius 1 is 1.50 bits per heavy atom. The molecule has 1 unspecified atom stereocenters. The van der Waals surface area contributed by atoms with Crippen LogP contribution in [0.2, 0.25) is 0 Å². The van der Waals surface area contributed by atoms with Crippen LogP contribution in [0.1, 0.15) is 12.8 Å². The number of carboxylic acid groups (broad SMARTS) is 1. The third-order valence-corrected chi connectivity index (χ3v) is 2.85. The van der Waals surface area contributed by atoms with E-state index in [1.54, 1.807) is 0 Å². The molecule has 3 amide bonds. The highest BCUT2D eigenvalue weighted by molar-refractivity contribution is 6.00. The van der Waals surface area contributed by atoms with Gasteiger partial charge in [0.05, 0.1) is 5.41 Å². The van der Waals surface area contributed by atoms with E-state index in [2.05, 4.69) is 5.32 Å². The van der Waals surface area contributed by atoms with Gasteiger partial charge in [-0.25, -0.2) is 9.69 Å². The van der Waals surface area contributed by atoms with Crippen molar-refractivity contribution in [2.75, 3.05) is 13.1 Å². The van der Waals surface area contributed by atoms with E-state index in [4.69, 9.17) is 5.11 Å². The molecule has 0 radical (unpaired) electrons. The van der Waals surface area contributed by atoms with Gasteiger partial charge in [-0.2, -0.15) is 0 Å². The van der Waals surface area contributed by atoms with Crippen LogP contribution in [0.5, 0.6) is 0 Å². The summed E-state index contributed by atoms with van der Waals surface area (Å²) in [6, 6.07) is 0. The second-order valence-corrected chi connectivity index (χ2v) is 3.73. The van der Waals surface area contributed by atoms with Crippen LogP contribution in [0.25, 0.3) is 0 Å². The molecule has 0 aromatic heterocycles. The fraction of sp³-hybridized carbons (Fsp3) is 0.625. The third kappa shape index (κ3) is 1.07. The van der Waals surface area contributed by atoms with Crippen LogP contribution in [0, 0.1) is 5.41 Å². The van der Waals surface area contributed by atoms with Crippen LogP contribution >= 0.6 is 0 Å². The number of nitrogens with one attached hydrogen (secondary N) is 1. The van der Waals surface area contributed by atoms with E-state index in [9.17, 15) is 14.4 Å². The summed E-state index contributed by atoms with van der Waals surface area (Å²) >= 11 is 0. The van der Waals surface area contributed by atoms with E-state index in [-0.39, 0.29) is 18.9 Å². The first-order chi connectivity index (χ1) is 6.55. The maximum atomic E-state index is 11.4. The van der Waals surface area contributed by atoms with Crippen LogP contribution in [0.15, 0.2) is 0 Å². The van der Waals surface area contributed by atoms with Gasteiger partial charge in [0.15, 0.2) is 0 Å². The molecule has 1 spiro atoms. The zero-order valence-electron chi connectivity index (χ0n) is 7.45. The first kappa shape index (κ1) is 8.98. The van der Waals surface area contributed by atoms with Crippen LogP contribution in [0.4, 0.5) is 4.79 Å². The smallest absolute Gasteiger partial charge is 0.414 e. The number of carbonyl (C=O) groups is 3. The molecule has 2 heterocycles. The Morgan fingerprint density at radius 3 is 2.64 bits per heavy atom. The lowest BCUT2D eigenvalue weighted by atomic mass is 9.85. The third-order valence-electron chi connectivity index (χ3n) is 2.85. The fourth-order valence-corrected chi connectivity index (χ4v) is 2.04. The number of likely N-dealkylation sites (tertiary alicyclic amines) is 1. The SMILES string of the molecule is O=C(O)N1CC2(CCNC2=O)CC1=O. The molecule has 2 aliphatic rings. The lowest BCUT2D eigenvalue weighted by Crippen LogP contribution is -2.36. The van der Waals surface area contributed by atoms with Crippen molar-refractivity contribution in [3.05, 3.63) is 0 Å². The molecule has 76 valence electrons. The summed E-state index contributed by atoms with van der Waals surface area (Å²) in [5, 5.41) is 11.3. The molecule has 6 heteroatoms. The Bertz CT molecular complexity index is 327. The van der Waals surface area contributed by atoms with E-state index in [1.807, 2.05) is 0 Å². The quantitative estimate of drug-likeness (QED) is 0.544. The highest BCUT2D eigenvalue weighted by Gasteiger charge is 2.52. The van der Waals surface area contributed by atoms with Gasteiger partial charge in [-0.05, 0) is 6.42 Å². The Hall–Kier alpha value is -1.59. The molecule has 2 rings (SSSR count). The number of carbonyl (C=O) groups excluding carboxylic acids is 2. The standard InChI is InChI=1S/C8H10N2O4/c11-5-3-8(1-2-9-6(8)12)4-10(5)7(13)14/h1-4H2,(H,9,12)(H,13,14). The minimum absolute atomic E-state index is 0.00694. The molecule has 0 bridgehead atoms. The molecule has 0 aromatic rings. The molecule has 1 atom stereocenters. The van der Waals surface area contributed by atoms with E-state index >= 15 is 0 Å². The lowest BCUT2D eigenvalue weighted by molar-refractivity contribution is -0.129. The van der Waals surface area contributed by atoms with Crippen molar-refractivity contribution in [1.82, 2.24) is 10.2 Å². The minimum Gasteiger partial charge on any atom is -0.465 e. The topological polar surface area (TPSA) is 86.7 Å². The van der Waals surface area contributed by atoms with E-state index in [1.165, 1.54) is 0 Å². The van der Waals surface area contributed by atoms with Crippen molar-refractivity contribution in [3.8, 4) is 0 Å². The van der Waals surface area contributed by atoms with Crippen molar-refractivity contribution in [3.63, 3.8) is 0 Å². The van der Waals surface area contributed by atoms with Crippen molar-refractivity contribution in [2.45, 2.75) is 12.8 Å². The van der Waals surface area contributed by atoms with Crippen LogP contribution in [0.3, 0.4) is 0 Å². The van der Waals surface area contributed by atoms with Gasteiger partial charge in [-0.3, -0.25) is 9.59 Å². The zero-order valence-corrected chi connectivity index (χ0v) is 7.45. The summed E-state index contributed by atoms with van der Waals surface area (Å²) in [6.07, 6.45) is -0.710.